The number of aromatic nitrogens is 1. The van der Waals surface area contributed by atoms with Crippen LogP contribution in [-0.4, -0.2) is 10.9 Å². The van der Waals surface area contributed by atoms with Crippen molar-refractivity contribution in [2.45, 2.75) is 0 Å². The Balaban J connectivity index is 1.68. The van der Waals surface area contributed by atoms with Gasteiger partial charge < -0.3 is 10.6 Å². The summed E-state index contributed by atoms with van der Waals surface area (Å²) in [6, 6.07) is 16.7. The van der Waals surface area contributed by atoms with E-state index in [4.69, 9.17) is 0 Å². The van der Waals surface area contributed by atoms with Crippen molar-refractivity contribution in [3.05, 3.63) is 82.7 Å². The standard InChI is InChI=1S/C18H13BrFN3O/c19-15-3-1-2-4-16(15)23-17-10-5-12(11-21-17)18(24)22-14-8-6-13(20)7-9-14/h1-11H,(H,21,23)(H,22,24). The zero-order valence-electron chi connectivity index (χ0n) is 12.5. The first-order chi connectivity index (χ1) is 11.6. The van der Waals surface area contributed by atoms with Crippen LogP contribution in [0, 0.1) is 5.82 Å². The number of benzene rings is 2. The Labute approximate surface area is 146 Å². The summed E-state index contributed by atoms with van der Waals surface area (Å²) in [5.74, 6) is -0.0288. The molecular formula is C18H13BrFN3O. The summed E-state index contributed by atoms with van der Waals surface area (Å²) in [5, 5.41) is 5.85. The number of rotatable bonds is 4. The zero-order valence-corrected chi connectivity index (χ0v) is 14.0. The number of anilines is 3. The molecule has 0 atom stereocenters. The Morgan fingerprint density at radius 2 is 1.75 bits per heavy atom. The van der Waals surface area contributed by atoms with Crippen LogP contribution in [-0.2, 0) is 0 Å². The molecule has 1 aromatic heterocycles. The second kappa shape index (κ2) is 7.23. The quantitative estimate of drug-likeness (QED) is 0.665. The molecule has 0 aliphatic carbocycles. The highest BCUT2D eigenvalue weighted by atomic mass is 79.9. The molecule has 4 nitrogen and oxygen atoms in total. The van der Waals surface area contributed by atoms with Crippen molar-refractivity contribution in [3.8, 4) is 0 Å². The first-order valence-electron chi connectivity index (χ1n) is 7.16. The van der Waals surface area contributed by atoms with Crippen LogP contribution < -0.4 is 10.6 Å². The number of hydrogen-bond donors (Lipinski definition) is 2. The third kappa shape index (κ3) is 3.97. The molecule has 0 fully saturated rings. The molecule has 3 aromatic rings. The van der Waals surface area contributed by atoms with Crippen molar-refractivity contribution in [3.63, 3.8) is 0 Å². The lowest BCUT2D eigenvalue weighted by Gasteiger charge is -2.09. The van der Waals surface area contributed by atoms with Gasteiger partial charge in [0.15, 0.2) is 0 Å². The maximum atomic E-state index is 12.9. The molecule has 2 N–H and O–H groups in total. The summed E-state index contributed by atoms with van der Waals surface area (Å²) in [6.07, 6.45) is 1.48. The summed E-state index contributed by atoms with van der Waals surface area (Å²) >= 11 is 3.45. The van der Waals surface area contributed by atoms with Gasteiger partial charge in [0.25, 0.3) is 5.91 Å². The zero-order chi connectivity index (χ0) is 16.9. The monoisotopic (exact) mass is 385 g/mol. The van der Waals surface area contributed by atoms with E-state index in [2.05, 4.69) is 31.5 Å². The molecule has 2 aromatic carbocycles. The number of amides is 1. The van der Waals surface area contributed by atoms with Crippen LogP contribution in [0.4, 0.5) is 21.6 Å². The lowest BCUT2D eigenvalue weighted by molar-refractivity contribution is 0.102. The molecule has 1 amide bonds. The van der Waals surface area contributed by atoms with Gasteiger partial charge in [-0.3, -0.25) is 4.79 Å². The molecular weight excluding hydrogens is 373 g/mol. The van der Waals surface area contributed by atoms with Crippen LogP contribution in [0.5, 0.6) is 0 Å². The molecule has 0 aliphatic rings. The maximum Gasteiger partial charge on any atom is 0.257 e. The Morgan fingerprint density at radius 3 is 2.42 bits per heavy atom. The second-order valence-electron chi connectivity index (χ2n) is 5.00. The average Bonchev–Trinajstić information content (AvgIpc) is 2.59. The fourth-order valence-electron chi connectivity index (χ4n) is 2.04. The number of carbonyl (C=O) groups excluding carboxylic acids is 1. The summed E-state index contributed by atoms with van der Waals surface area (Å²) in [6.45, 7) is 0. The van der Waals surface area contributed by atoms with E-state index < -0.39 is 0 Å². The van der Waals surface area contributed by atoms with Gasteiger partial charge in [-0.05, 0) is 64.5 Å². The van der Waals surface area contributed by atoms with Crippen LogP contribution in [0.2, 0.25) is 0 Å². The molecule has 0 aliphatic heterocycles. The first-order valence-corrected chi connectivity index (χ1v) is 7.95. The van der Waals surface area contributed by atoms with Crippen molar-refractivity contribution >= 4 is 39.0 Å². The number of carbonyl (C=O) groups is 1. The van der Waals surface area contributed by atoms with Crippen LogP contribution in [0.3, 0.4) is 0 Å². The molecule has 0 radical (unpaired) electrons. The maximum absolute atomic E-state index is 12.9. The fraction of sp³-hybridized carbons (Fsp3) is 0. The summed E-state index contributed by atoms with van der Waals surface area (Å²) in [5.41, 5.74) is 1.82. The van der Waals surface area contributed by atoms with Crippen molar-refractivity contribution in [2.24, 2.45) is 0 Å². The minimum Gasteiger partial charge on any atom is -0.339 e. The van der Waals surface area contributed by atoms with E-state index in [0.29, 0.717) is 17.1 Å². The normalized spacial score (nSPS) is 10.2. The highest BCUT2D eigenvalue weighted by molar-refractivity contribution is 9.10. The third-order valence-corrected chi connectivity index (χ3v) is 3.96. The van der Waals surface area contributed by atoms with Crippen LogP contribution in [0.1, 0.15) is 10.4 Å². The Bertz CT molecular complexity index is 851. The lowest BCUT2D eigenvalue weighted by Crippen LogP contribution is -2.12. The SMILES string of the molecule is O=C(Nc1ccc(F)cc1)c1ccc(Nc2ccccc2Br)nc1. The molecule has 0 saturated heterocycles. The summed E-state index contributed by atoms with van der Waals surface area (Å²) in [4.78, 5) is 16.4. The number of para-hydroxylation sites is 1. The molecule has 0 unspecified atom stereocenters. The number of nitrogens with one attached hydrogen (secondary N) is 2. The minimum atomic E-state index is -0.350. The van der Waals surface area contributed by atoms with Crippen molar-refractivity contribution < 1.29 is 9.18 Å². The van der Waals surface area contributed by atoms with E-state index in [0.717, 1.165) is 10.2 Å². The second-order valence-corrected chi connectivity index (χ2v) is 5.85. The topological polar surface area (TPSA) is 54.0 Å². The van der Waals surface area contributed by atoms with E-state index >= 15 is 0 Å². The molecule has 0 saturated carbocycles. The first kappa shape index (κ1) is 16.1. The number of halogens is 2. The fourth-order valence-corrected chi connectivity index (χ4v) is 2.42. The van der Waals surface area contributed by atoms with Gasteiger partial charge in [-0.25, -0.2) is 9.37 Å². The van der Waals surface area contributed by atoms with Crippen LogP contribution >= 0.6 is 15.9 Å². The number of hydrogen-bond acceptors (Lipinski definition) is 3. The lowest BCUT2D eigenvalue weighted by atomic mass is 10.2. The predicted octanol–water partition coefficient (Wildman–Crippen LogP) is 4.98. The third-order valence-electron chi connectivity index (χ3n) is 3.26. The molecule has 24 heavy (non-hydrogen) atoms. The van der Waals surface area contributed by atoms with Crippen molar-refractivity contribution in [2.75, 3.05) is 10.6 Å². The van der Waals surface area contributed by atoms with Gasteiger partial charge >= 0.3 is 0 Å². The van der Waals surface area contributed by atoms with Crippen molar-refractivity contribution in [1.29, 1.82) is 0 Å². The van der Waals surface area contributed by atoms with Gasteiger partial charge in [0.2, 0.25) is 0 Å². The van der Waals surface area contributed by atoms with E-state index in [1.807, 2.05) is 24.3 Å². The number of nitrogens with zero attached hydrogens (tertiary/aromatic N) is 1. The number of pyridine rings is 1. The minimum absolute atomic E-state index is 0.304. The highest BCUT2D eigenvalue weighted by Gasteiger charge is 2.07. The molecule has 3 rings (SSSR count). The summed E-state index contributed by atoms with van der Waals surface area (Å²) in [7, 11) is 0. The Morgan fingerprint density at radius 1 is 1.00 bits per heavy atom. The van der Waals surface area contributed by atoms with E-state index in [-0.39, 0.29) is 11.7 Å². The van der Waals surface area contributed by atoms with Gasteiger partial charge in [0, 0.05) is 16.4 Å². The molecule has 1 heterocycles. The van der Waals surface area contributed by atoms with Gasteiger partial charge in [0.1, 0.15) is 11.6 Å². The highest BCUT2D eigenvalue weighted by Crippen LogP contribution is 2.24. The van der Waals surface area contributed by atoms with Crippen LogP contribution in [0.15, 0.2) is 71.3 Å². The van der Waals surface area contributed by atoms with Crippen molar-refractivity contribution in [1.82, 2.24) is 4.98 Å². The molecule has 120 valence electrons. The largest absolute Gasteiger partial charge is 0.339 e. The smallest absolute Gasteiger partial charge is 0.257 e. The Kier molecular flexibility index (Phi) is 4.86. The van der Waals surface area contributed by atoms with Crippen LogP contribution in [0.25, 0.3) is 0 Å². The predicted molar refractivity (Wildman–Crippen MR) is 96.0 cm³/mol. The van der Waals surface area contributed by atoms with Gasteiger partial charge in [-0.1, -0.05) is 12.1 Å². The van der Waals surface area contributed by atoms with Gasteiger partial charge in [-0.2, -0.15) is 0 Å². The molecule has 6 heteroatoms. The average molecular weight is 386 g/mol. The van der Waals surface area contributed by atoms with E-state index in [9.17, 15) is 9.18 Å². The van der Waals surface area contributed by atoms with E-state index in [1.54, 1.807) is 12.1 Å². The Hall–Kier alpha value is -2.73. The van der Waals surface area contributed by atoms with Gasteiger partial charge in [-0.15, -0.1) is 0 Å². The summed E-state index contributed by atoms with van der Waals surface area (Å²) < 4.78 is 13.8. The molecule has 0 spiro atoms. The van der Waals surface area contributed by atoms with E-state index in [1.165, 1.54) is 30.5 Å². The van der Waals surface area contributed by atoms with Gasteiger partial charge in [0.05, 0.1) is 11.3 Å². The molecule has 0 bridgehead atoms.